The number of hydrogen-bond acceptors (Lipinski definition) is 7. The maximum atomic E-state index is 12.2. The Morgan fingerprint density at radius 3 is 2.46 bits per heavy atom. The molecule has 28 heavy (non-hydrogen) atoms. The van der Waals surface area contributed by atoms with Gasteiger partial charge in [-0.15, -0.1) is 0 Å². The minimum absolute atomic E-state index is 0.249. The van der Waals surface area contributed by atoms with Crippen molar-refractivity contribution in [1.29, 1.82) is 0 Å². The number of carbonyl (C=O) groups excluding carboxylic acids is 1. The van der Waals surface area contributed by atoms with Crippen molar-refractivity contribution in [3.05, 3.63) is 53.7 Å². The molecule has 2 aromatic heterocycles. The van der Waals surface area contributed by atoms with Gasteiger partial charge in [0.15, 0.2) is 0 Å². The number of nitrogens with one attached hydrogen (secondary N) is 2. The molecule has 0 unspecified atom stereocenters. The molecule has 0 saturated carbocycles. The largest absolute Gasteiger partial charge is 0.361 e. The number of rotatable bonds is 5. The molecule has 1 aromatic carbocycles. The van der Waals surface area contributed by atoms with Crippen LogP contribution in [0.5, 0.6) is 0 Å². The Kier molecular flexibility index (Phi) is 4.92. The van der Waals surface area contributed by atoms with Gasteiger partial charge >= 0.3 is 0 Å². The van der Waals surface area contributed by atoms with Gasteiger partial charge in [0.2, 0.25) is 0 Å². The molecule has 0 radical (unpaired) electrons. The van der Waals surface area contributed by atoms with Gasteiger partial charge < -0.3 is 20.1 Å². The monoisotopic (exact) mass is 378 g/mol. The number of aryl methyl sites for hydroxylation is 2. The Bertz CT molecular complexity index is 977. The van der Waals surface area contributed by atoms with E-state index in [0.717, 1.165) is 36.2 Å². The first-order chi connectivity index (χ1) is 13.6. The summed E-state index contributed by atoms with van der Waals surface area (Å²) >= 11 is 0. The van der Waals surface area contributed by atoms with Crippen LogP contribution in [0.4, 0.5) is 23.0 Å². The predicted molar refractivity (Wildman–Crippen MR) is 107 cm³/mol. The van der Waals surface area contributed by atoms with E-state index in [1.54, 1.807) is 6.92 Å². The van der Waals surface area contributed by atoms with Crippen molar-refractivity contribution < 1.29 is 9.32 Å². The summed E-state index contributed by atoms with van der Waals surface area (Å²) in [6.45, 7) is 5.68. The molecule has 3 heterocycles. The minimum Gasteiger partial charge on any atom is -0.361 e. The van der Waals surface area contributed by atoms with E-state index in [1.165, 1.54) is 19.0 Å². The van der Waals surface area contributed by atoms with Gasteiger partial charge in [0.05, 0.1) is 6.20 Å². The van der Waals surface area contributed by atoms with Gasteiger partial charge in [-0.2, -0.15) is 0 Å². The normalized spacial score (nSPS) is 13.6. The first-order valence-electron chi connectivity index (χ1n) is 9.29. The fourth-order valence-corrected chi connectivity index (χ4v) is 3.22. The topological polar surface area (TPSA) is 96.2 Å². The number of aromatic nitrogens is 3. The second-order valence-electron chi connectivity index (χ2n) is 6.80. The lowest BCUT2D eigenvalue weighted by atomic mass is 10.2. The molecule has 2 N–H and O–H groups in total. The summed E-state index contributed by atoms with van der Waals surface area (Å²) in [4.78, 5) is 23.5. The number of benzene rings is 1. The zero-order valence-electron chi connectivity index (χ0n) is 15.9. The predicted octanol–water partition coefficient (Wildman–Crippen LogP) is 3.68. The van der Waals surface area contributed by atoms with Crippen LogP contribution in [0.3, 0.4) is 0 Å². The van der Waals surface area contributed by atoms with Gasteiger partial charge in [-0.25, -0.2) is 9.97 Å². The Morgan fingerprint density at radius 2 is 1.79 bits per heavy atom. The smallest absolute Gasteiger partial charge is 0.260 e. The molecule has 1 saturated heterocycles. The summed E-state index contributed by atoms with van der Waals surface area (Å²) in [5.74, 6) is 2.69. The van der Waals surface area contributed by atoms with Crippen molar-refractivity contribution in [3.63, 3.8) is 0 Å². The van der Waals surface area contributed by atoms with Crippen LogP contribution in [0.15, 0.2) is 41.1 Å². The molecular weight excluding hydrogens is 356 g/mol. The molecule has 1 aliphatic rings. The highest BCUT2D eigenvalue weighted by Crippen LogP contribution is 2.23. The van der Waals surface area contributed by atoms with Crippen LogP contribution in [0.25, 0.3) is 0 Å². The number of carbonyl (C=O) groups is 1. The lowest BCUT2D eigenvalue weighted by molar-refractivity contribution is 0.102. The summed E-state index contributed by atoms with van der Waals surface area (Å²) < 4.78 is 4.93. The molecule has 8 heteroatoms. The number of anilines is 4. The summed E-state index contributed by atoms with van der Waals surface area (Å²) in [5.41, 5.74) is 1.99. The van der Waals surface area contributed by atoms with E-state index in [9.17, 15) is 4.79 Å². The Hall–Kier alpha value is -3.42. The van der Waals surface area contributed by atoms with E-state index in [0.29, 0.717) is 17.0 Å². The van der Waals surface area contributed by atoms with Crippen LogP contribution in [-0.4, -0.2) is 34.1 Å². The van der Waals surface area contributed by atoms with Crippen LogP contribution in [0, 0.1) is 13.8 Å². The number of hydrogen-bond donors (Lipinski definition) is 2. The van der Waals surface area contributed by atoms with E-state index < -0.39 is 0 Å². The molecule has 1 fully saturated rings. The fourth-order valence-electron chi connectivity index (χ4n) is 3.22. The average Bonchev–Trinajstić information content (AvgIpc) is 3.34. The lowest BCUT2D eigenvalue weighted by Gasteiger charge is -2.18. The highest BCUT2D eigenvalue weighted by Gasteiger charge is 2.15. The van der Waals surface area contributed by atoms with Crippen LogP contribution in [0.2, 0.25) is 0 Å². The maximum absolute atomic E-state index is 12.2. The van der Waals surface area contributed by atoms with Crippen molar-refractivity contribution in [2.75, 3.05) is 28.6 Å². The maximum Gasteiger partial charge on any atom is 0.260 e. The number of nitrogens with zero attached hydrogens (tertiary/aromatic N) is 4. The molecule has 3 aromatic rings. The summed E-state index contributed by atoms with van der Waals surface area (Å²) in [6, 6.07) is 9.42. The third-order valence-electron chi connectivity index (χ3n) is 4.67. The molecule has 0 atom stereocenters. The molecule has 0 bridgehead atoms. The fraction of sp³-hybridized carbons (Fsp3) is 0.300. The highest BCUT2D eigenvalue weighted by atomic mass is 16.5. The second kappa shape index (κ2) is 7.67. The number of amides is 1. The van der Waals surface area contributed by atoms with Gasteiger partial charge in [0, 0.05) is 30.5 Å². The zero-order valence-corrected chi connectivity index (χ0v) is 15.9. The van der Waals surface area contributed by atoms with Crippen molar-refractivity contribution in [2.24, 2.45) is 0 Å². The van der Waals surface area contributed by atoms with Gasteiger partial charge in [-0.05, 0) is 51.0 Å². The van der Waals surface area contributed by atoms with Crippen LogP contribution < -0.4 is 15.5 Å². The van der Waals surface area contributed by atoms with Crippen molar-refractivity contribution >= 4 is 28.9 Å². The third kappa shape index (κ3) is 3.95. The van der Waals surface area contributed by atoms with Crippen LogP contribution in [-0.2, 0) is 0 Å². The van der Waals surface area contributed by atoms with Crippen LogP contribution >= 0.6 is 0 Å². The Morgan fingerprint density at radius 1 is 1.07 bits per heavy atom. The minimum atomic E-state index is -0.249. The molecular formula is C20H22N6O2. The SMILES string of the molecule is Cc1nc(Nc2ccc(NC(=O)c3cnoc3C)cc2)cc(N2CCCC2)n1. The molecule has 1 aliphatic heterocycles. The van der Waals surface area contributed by atoms with E-state index in [2.05, 4.69) is 30.7 Å². The summed E-state index contributed by atoms with van der Waals surface area (Å²) in [7, 11) is 0. The van der Waals surface area contributed by atoms with E-state index in [1.807, 2.05) is 37.3 Å². The van der Waals surface area contributed by atoms with Crippen molar-refractivity contribution in [3.8, 4) is 0 Å². The standard InChI is InChI=1S/C20H22N6O2/c1-13-17(12-21-28-13)20(27)25-16-7-5-15(6-8-16)24-18-11-19(23-14(2)22-18)26-9-3-4-10-26/h5-8,11-12H,3-4,9-10H2,1-2H3,(H,25,27)(H,22,23,24). The molecule has 4 rings (SSSR count). The van der Waals surface area contributed by atoms with E-state index in [-0.39, 0.29) is 5.91 Å². The Balaban J connectivity index is 1.44. The molecule has 0 spiro atoms. The van der Waals surface area contributed by atoms with Gasteiger partial charge in [-0.3, -0.25) is 4.79 Å². The highest BCUT2D eigenvalue weighted by molar-refractivity contribution is 6.04. The molecule has 0 aliphatic carbocycles. The first-order valence-corrected chi connectivity index (χ1v) is 9.29. The van der Waals surface area contributed by atoms with E-state index >= 15 is 0 Å². The summed E-state index contributed by atoms with van der Waals surface area (Å²) in [6.07, 6.45) is 3.82. The van der Waals surface area contributed by atoms with Crippen molar-refractivity contribution in [1.82, 2.24) is 15.1 Å². The lowest BCUT2D eigenvalue weighted by Crippen LogP contribution is -2.19. The second-order valence-corrected chi connectivity index (χ2v) is 6.80. The van der Waals surface area contributed by atoms with Crippen molar-refractivity contribution in [2.45, 2.75) is 26.7 Å². The summed E-state index contributed by atoms with van der Waals surface area (Å²) in [5, 5.41) is 9.77. The Labute approximate surface area is 163 Å². The first kappa shape index (κ1) is 18.0. The van der Waals surface area contributed by atoms with Gasteiger partial charge in [-0.1, -0.05) is 5.16 Å². The van der Waals surface area contributed by atoms with Gasteiger partial charge in [0.25, 0.3) is 5.91 Å². The third-order valence-corrected chi connectivity index (χ3v) is 4.67. The van der Waals surface area contributed by atoms with Gasteiger partial charge in [0.1, 0.15) is 28.8 Å². The van der Waals surface area contributed by atoms with E-state index in [4.69, 9.17) is 4.52 Å². The quantitative estimate of drug-likeness (QED) is 0.699. The molecule has 1 amide bonds. The van der Waals surface area contributed by atoms with Crippen LogP contribution in [0.1, 0.15) is 34.8 Å². The molecule has 8 nitrogen and oxygen atoms in total. The zero-order chi connectivity index (χ0) is 19.5. The molecule has 144 valence electrons. The average molecular weight is 378 g/mol.